The largest absolute Gasteiger partial charge is 0.507 e. The third-order valence-corrected chi connectivity index (χ3v) is 4.32. The molecule has 6 heteroatoms. The summed E-state index contributed by atoms with van der Waals surface area (Å²) in [5.41, 5.74) is 0.674. The highest BCUT2D eigenvalue weighted by atomic mass is 32.2. The number of phenolic OH excluding ortho intramolecular Hbond substituents is 1. The van der Waals surface area contributed by atoms with Crippen LogP contribution in [-0.4, -0.2) is 29.4 Å². The number of methoxy groups -OCH3 is 1. The molecule has 0 radical (unpaired) electrons. The highest BCUT2D eigenvalue weighted by molar-refractivity contribution is 8.14. The van der Waals surface area contributed by atoms with Crippen LogP contribution in [0.3, 0.4) is 0 Å². The third kappa shape index (κ3) is 1.49. The third-order valence-electron chi connectivity index (χ3n) is 3.10. The number of thioether (sulfide) groups is 1. The number of aromatic hydroxyl groups is 1. The van der Waals surface area contributed by atoms with Crippen LogP contribution in [0.4, 0.5) is 0 Å². The highest BCUT2D eigenvalue weighted by Gasteiger charge is 2.46. The van der Waals surface area contributed by atoms with Crippen molar-refractivity contribution in [3.63, 3.8) is 0 Å². The van der Waals surface area contributed by atoms with Gasteiger partial charge < -0.3 is 14.6 Å². The van der Waals surface area contributed by atoms with Crippen molar-refractivity contribution in [2.24, 2.45) is 0 Å². The molecule has 1 aromatic carbocycles. The molecule has 0 unspecified atom stereocenters. The van der Waals surface area contributed by atoms with Gasteiger partial charge in [0.05, 0.1) is 18.8 Å². The molecule has 0 amide bonds. The normalized spacial score (nSPS) is 24.4. The monoisotopic (exact) mass is 266 g/mol. The van der Waals surface area contributed by atoms with Gasteiger partial charge in [-0.2, -0.15) is 0 Å². The predicted molar refractivity (Wildman–Crippen MR) is 63.8 cm³/mol. The minimum Gasteiger partial charge on any atom is -0.507 e. The number of rotatable bonds is 1. The number of carbonyl (C=O) groups is 2. The van der Waals surface area contributed by atoms with Crippen molar-refractivity contribution in [2.75, 3.05) is 7.11 Å². The molecule has 2 aliphatic heterocycles. The fraction of sp³-hybridized carbons (Fsp3) is 0.333. The lowest BCUT2D eigenvalue weighted by molar-refractivity contribution is -0.111. The molecule has 94 valence electrons. The fourth-order valence-electron chi connectivity index (χ4n) is 2.34. The number of carbonyl (C=O) groups excluding carboxylic acids is 2. The molecule has 5 nitrogen and oxygen atoms in total. The van der Waals surface area contributed by atoms with Crippen LogP contribution in [0.5, 0.6) is 11.5 Å². The van der Waals surface area contributed by atoms with Crippen molar-refractivity contribution >= 4 is 22.8 Å². The second kappa shape index (κ2) is 3.91. The Labute approximate surface area is 107 Å². The van der Waals surface area contributed by atoms with Crippen molar-refractivity contribution < 1.29 is 24.2 Å². The van der Waals surface area contributed by atoms with E-state index in [2.05, 4.69) is 4.74 Å². The van der Waals surface area contributed by atoms with Crippen molar-refractivity contribution in [1.82, 2.24) is 0 Å². The van der Waals surface area contributed by atoms with Crippen LogP contribution in [-0.2, 0) is 9.53 Å². The summed E-state index contributed by atoms with van der Waals surface area (Å²) >= 11 is 1.15. The van der Waals surface area contributed by atoms with Gasteiger partial charge in [0.15, 0.2) is 5.12 Å². The maximum atomic E-state index is 11.7. The summed E-state index contributed by atoms with van der Waals surface area (Å²) in [7, 11) is 1.25. The summed E-state index contributed by atoms with van der Waals surface area (Å²) in [5.74, 6) is -0.221. The van der Waals surface area contributed by atoms with Crippen molar-refractivity contribution in [1.29, 1.82) is 0 Å². The zero-order chi connectivity index (χ0) is 12.9. The number of benzene rings is 1. The minimum atomic E-state index is -0.617. The van der Waals surface area contributed by atoms with Gasteiger partial charge in [-0.15, -0.1) is 0 Å². The van der Waals surface area contributed by atoms with Gasteiger partial charge in [0.1, 0.15) is 23.2 Å². The second-order valence-corrected chi connectivity index (χ2v) is 5.33. The zero-order valence-electron chi connectivity index (χ0n) is 9.50. The van der Waals surface area contributed by atoms with E-state index in [0.29, 0.717) is 17.7 Å². The number of hydrogen-bond acceptors (Lipinski definition) is 6. The van der Waals surface area contributed by atoms with Crippen LogP contribution in [0.2, 0.25) is 0 Å². The van der Waals surface area contributed by atoms with Gasteiger partial charge in [-0.3, -0.25) is 4.79 Å². The topological polar surface area (TPSA) is 72.8 Å². The molecule has 1 fully saturated rings. The maximum absolute atomic E-state index is 11.7. The molecule has 1 N–H and O–H groups in total. The molecule has 1 aromatic rings. The van der Waals surface area contributed by atoms with E-state index in [-0.39, 0.29) is 27.8 Å². The Balaban J connectivity index is 2.15. The van der Waals surface area contributed by atoms with Crippen LogP contribution in [0, 0.1) is 0 Å². The van der Waals surface area contributed by atoms with E-state index < -0.39 is 5.97 Å². The number of fused-ring (bicyclic) bond motifs is 3. The van der Waals surface area contributed by atoms with E-state index in [1.165, 1.54) is 13.2 Å². The second-order valence-electron chi connectivity index (χ2n) is 4.13. The van der Waals surface area contributed by atoms with Crippen LogP contribution >= 0.6 is 11.8 Å². The Hall–Kier alpha value is -1.69. The molecule has 3 rings (SSSR count). The van der Waals surface area contributed by atoms with Gasteiger partial charge in [0, 0.05) is 5.56 Å². The van der Waals surface area contributed by atoms with Crippen LogP contribution in [0.1, 0.15) is 27.6 Å². The van der Waals surface area contributed by atoms with Gasteiger partial charge in [-0.25, -0.2) is 4.79 Å². The van der Waals surface area contributed by atoms with E-state index in [1.807, 2.05) is 0 Å². The molecule has 2 heterocycles. The van der Waals surface area contributed by atoms with Gasteiger partial charge in [-0.1, -0.05) is 11.8 Å². The SMILES string of the molecule is COC(=O)c1c(O)ccc2c1[C@@H]1SC(=O)C[C@@H]1O2. The predicted octanol–water partition coefficient (Wildman–Crippen LogP) is 1.64. The lowest BCUT2D eigenvalue weighted by atomic mass is 10.0. The Morgan fingerprint density at radius 3 is 3.06 bits per heavy atom. The average Bonchev–Trinajstić information content (AvgIpc) is 2.84. The van der Waals surface area contributed by atoms with E-state index >= 15 is 0 Å². The molecule has 0 saturated carbocycles. The van der Waals surface area contributed by atoms with Crippen molar-refractivity contribution in [3.05, 3.63) is 23.3 Å². The molecule has 18 heavy (non-hydrogen) atoms. The Kier molecular flexibility index (Phi) is 2.48. The summed E-state index contributed by atoms with van der Waals surface area (Å²) in [6.45, 7) is 0. The van der Waals surface area contributed by atoms with Crippen LogP contribution in [0.25, 0.3) is 0 Å². The van der Waals surface area contributed by atoms with Crippen LogP contribution in [0.15, 0.2) is 12.1 Å². The van der Waals surface area contributed by atoms with Crippen molar-refractivity contribution in [3.8, 4) is 11.5 Å². The fourth-order valence-corrected chi connectivity index (χ4v) is 3.54. The molecule has 0 bridgehead atoms. The first-order valence-corrected chi connectivity index (χ1v) is 6.30. The van der Waals surface area contributed by atoms with Gasteiger partial charge in [0.25, 0.3) is 0 Å². The molecule has 2 aliphatic rings. The summed E-state index contributed by atoms with van der Waals surface area (Å²) in [6.07, 6.45) is 0.0773. The summed E-state index contributed by atoms with van der Waals surface area (Å²) in [5, 5.41) is 9.62. The molecule has 0 spiro atoms. The quantitative estimate of drug-likeness (QED) is 0.779. The Morgan fingerprint density at radius 1 is 1.56 bits per heavy atom. The first kappa shape index (κ1) is 11.4. The van der Waals surface area contributed by atoms with Gasteiger partial charge >= 0.3 is 5.97 Å². The van der Waals surface area contributed by atoms with Crippen molar-refractivity contribution in [2.45, 2.75) is 17.8 Å². The number of esters is 1. The van der Waals surface area contributed by atoms with E-state index in [4.69, 9.17) is 4.74 Å². The average molecular weight is 266 g/mol. The standard InChI is InChI=1S/C12H10O5S/c1-16-12(15)9-5(13)2-3-6-10(9)11-7(17-6)4-8(14)18-11/h2-3,7,11,13H,4H2,1H3/t7-,11+/m0/s1. The smallest absolute Gasteiger partial charge is 0.342 e. The van der Waals surface area contributed by atoms with E-state index in [0.717, 1.165) is 11.8 Å². The number of hydrogen-bond donors (Lipinski definition) is 1. The minimum absolute atomic E-state index is 0.0369. The van der Waals surface area contributed by atoms with Crippen LogP contribution < -0.4 is 4.74 Å². The molecular formula is C12H10O5S. The molecule has 1 saturated heterocycles. The first-order valence-electron chi connectivity index (χ1n) is 5.42. The first-order chi connectivity index (χ1) is 8.61. The molecular weight excluding hydrogens is 256 g/mol. The maximum Gasteiger partial charge on any atom is 0.342 e. The van der Waals surface area contributed by atoms with Gasteiger partial charge in [0.2, 0.25) is 0 Å². The zero-order valence-corrected chi connectivity index (χ0v) is 10.3. The molecule has 0 aliphatic carbocycles. The Bertz CT molecular complexity index is 554. The Morgan fingerprint density at radius 2 is 2.33 bits per heavy atom. The van der Waals surface area contributed by atoms with E-state index in [9.17, 15) is 14.7 Å². The number of ether oxygens (including phenoxy) is 2. The van der Waals surface area contributed by atoms with E-state index in [1.54, 1.807) is 6.07 Å². The number of phenols is 1. The lowest BCUT2D eigenvalue weighted by Crippen LogP contribution is -2.12. The lowest BCUT2D eigenvalue weighted by Gasteiger charge is -2.10. The molecule has 2 atom stereocenters. The summed E-state index contributed by atoms with van der Waals surface area (Å²) in [6, 6.07) is 3.01. The van der Waals surface area contributed by atoms with Gasteiger partial charge in [-0.05, 0) is 12.1 Å². The highest BCUT2D eigenvalue weighted by Crippen LogP contribution is 2.53. The summed E-state index contributed by atoms with van der Waals surface area (Å²) in [4.78, 5) is 23.1. The summed E-state index contributed by atoms with van der Waals surface area (Å²) < 4.78 is 10.3. The molecule has 0 aromatic heterocycles.